The molecule has 1 aromatic carbocycles. The van der Waals surface area contributed by atoms with E-state index in [1.807, 2.05) is 0 Å². The number of hydrogen-bond donors (Lipinski definition) is 1. The summed E-state index contributed by atoms with van der Waals surface area (Å²) in [5.41, 5.74) is -0.0952. The van der Waals surface area contributed by atoms with Crippen LogP contribution in [0.4, 0.5) is 26.3 Å². The third-order valence-corrected chi connectivity index (χ3v) is 3.19. The van der Waals surface area contributed by atoms with Crippen LogP contribution in [0.25, 0.3) is 0 Å². The summed E-state index contributed by atoms with van der Waals surface area (Å²) < 4.78 is 78.8. The minimum absolute atomic E-state index is 0.00735. The smallest absolute Gasteiger partial charge is 0.305 e. The highest BCUT2D eigenvalue weighted by Crippen LogP contribution is 2.46. The normalized spacial score (nSPS) is 14.3. The van der Waals surface area contributed by atoms with Crippen molar-refractivity contribution in [2.75, 3.05) is 6.54 Å². The van der Waals surface area contributed by atoms with E-state index in [4.69, 9.17) is 0 Å². The molecule has 7 heteroatoms. The lowest BCUT2D eigenvalue weighted by atomic mass is 9.91. The Kier molecular flexibility index (Phi) is 5.30. The summed E-state index contributed by atoms with van der Waals surface area (Å²) in [5, 5.41) is 2.24. The van der Waals surface area contributed by atoms with Gasteiger partial charge in [-0.2, -0.15) is 22.0 Å². The van der Waals surface area contributed by atoms with E-state index in [1.165, 1.54) is 13.8 Å². The lowest BCUT2D eigenvalue weighted by molar-refractivity contribution is -0.294. The number of halogens is 6. The number of aryl methyl sites for hydroxylation is 2. The molecule has 21 heavy (non-hydrogen) atoms. The van der Waals surface area contributed by atoms with Crippen LogP contribution in [0.2, 0.25) is 0 Å². The first kappa shape index (κ1) is 17.8. The van der Waals surface area contributed by atoms with Gasteiger partial charge < -0.3 is 5.32 Å². The van der Waals surface area contributed by atoms with E-state index in [0.29, 0.717) is 6.42 Å². The van der Waals surface area contributed by atoms with E-state index in [-0.39, 0.29) is 23.2 Å². The Labute approximate surface area is 119 Å². The Hall–Kier alpha value is -1.24. The summed E-state index contributed by atoms with van der Waals surface area (Å²) in [6.45, 7) is 4.28. The highest BCUT2D eigenvalue weighted by atomic mass is 19.4. The molecule has 1 atom stereocenters. The van der Waals surface area contributed by atoms with Crippen LogP contribution >= 0.6 is 0 Å². The SMILES string of the molecule is CCCNC(c1c(C)cc(F)cc1C)C(F)(F)C(F)(F)F. The van der Waals surface area contributed by atoms with E-state index in [9.17, 15) is 26.3 Å². The van der Waals surface area contributed by atoms with Crippen molar-refractivity contribution < 1.29 is 26.3 Å². The van der Waals surface area contributed by atoms with Gasteiger partial charge in [-0.05, 0) is 55.6 Å². The maximum atomic E-state index is 13.8. The monoisotopic (exact) mass is 313 g/mol. The van der Waals surface area contributed by atoms with Crippen molar-refractivity contribution in [3.63, 3.8) is 0 Å². The molecule has 1 unspecified atom stereocenters. The van der Waals surface area contributed by atoms with Crippen molar-refractivity contribution in [1.82, 2.24) is 5.32 Å². The van der Waals surface area contributed by atoms with Gasteiger partial charge in [0.15, 0.2) is 0 Å². The Morgan fingerprint density at radius 2 is 1.52 bits per heavy atom. The van der Waals surface area contributed by atoms with Gasteiger partial charge in [0.2, 0.25) is 0 Å². The molecule has 0 radical (unpaired) electrons. The predicted molar refractivity (Wildman–Crippen MR) is 67.9 cm³/mol. The summed E-state index contributed by atoms with van der Waals surface area (Å²) in [4.78, 5) is 0. The second-order valence-corrected chi connectivity index (χ2v) is 4.96. The first-order valence-corrected chi connectivity index (χ1v) is 6.47. The van der Waals surface area contributed by atoms with Gasteiger partial charge >= 0.3 is 12.1 Å². The van der Waals surface area contributed by atoms with E-state index in [0.717, 1.165) is 12.1 Å². The fourth-order valence-electron chi connectivity index (χ4n) is 2.24. The number of hydrogen-bond acceptors (Lipinski definition) is 1. The maximum Gasteiger partial charge on any atom is 0.455 e. The molecule has 1 nitrogen and oxygen atoms in total. The number of rotatable bonds is 5. The zero-order valence-electron chi connectivity index (χ0n) is 11.9. The second-order valence-electron chi connectivity index (χ2n) is 4.96. The largest absolute Gasteiger partial charge is 0.455 e. The molecule has 0 saturated heterocycles. The summed E-state index contributed by atoms with van der Waals surface area (Å²) >= 11 is 0. The van der Waals surface area contributed by atoms with Gasteiger partial charge in [-0.3, -0.25) is 0 Å². The molecule has 0 aliphatic rings. The number of alkyl halides is 5. The first-order chi connectivity index (χ1) is 9.52. The highest BCUT2D eigenvalue weighted by molar-refractivity contribution is 5.38. The van der Waals surface area contributed by atoms with Crippen LogP contribution in [0.15, 0.2) is 12.1 Å². The van der Waals surface area contributed by atoms with Gasteiger partial charge in [-0.1, -0.05) is 6.92 Å². The summed E-state index contributed by atoms with van der Waals surface area (Å²) in [5.74, 6) is -5.62. The van der Waals surface area contributed by atoms with Crippen molar-refractivity contribution in [3.8, 4) is 0 Å². The van der Waals surface area contributed by atoms with Gasteiger partial charge in [0.25, 0.3) is 0 Å². The molecule has 1 aromatic rings. The molecule has 120 valence electrons. The van der Waals surface area contributed by atoms with Crippen LogP contribution in [0.5, 0.6) is 0 Å². The number of nitrogens with one attached hydrogen (secondary N) is 1. The van der Waals surface area contributed by atoms with Crippen LogP contribution < -0.4 is 5.32 Å². The zero-order chi connectivity index (χ0) is 16.4. The summed E-state index contributed by atoms with van der Waals surface area (Å²) in [6, 6.07) is -0.330. The highest BCUT2D eigenvalue weighted by Gasteiger charge is 2.63. The molecule has 1 N–H and O–H groups in total. The molecular weight excluding hydrogens is 296 g/mol. The average Bonchev–Trinajstić information content (AvgIpc) is 2.30. The third-order valence-electron chi connectivity index (χ3n) is 3.19. The van der Waals surface area contributed by atoms with E-state index >= 15 is 0 Å². The molecule has 0 spiro atoms. The van der Waals surface area contributed by atoms with Crippen molar-refractivity contribution in [2.45, 2.75) is 45.3 Å². The van der Waals surface area contributed by atoms with Gasteiger partial charge in [0.05, 0.1) is 0 Å². The van der Waals surface area contributed by atoms with Gasteiger partial charge in [-0.25, -0.2) is 4.39 Å². The van der Waals surface area contributed by atoms with E-state index in [1.54, 1.807) is 6.92 Å². The average molecular weight is 313 g/mol. The van der Waals surface area contributed by atoms with E-state index in [2.05, 4.69) is 5.32 Å². The van der Waals surface area contributed by atoms with Crippen molar-refractivity contribution in [1.29, 1.82) is 0 Å². The topological polar surface area (TPSA) is 12.0 Å². The molecule has 1 rings (SSSR count). The quantitative estimate of drug-likeness (QED) is 0.778. The van der Waals surface area contributed by atoms with Crippen LogP contribution in [-0.2, 0) is 0 Å². The predicted octanol–water partition coefficient (Wildman–Crippen LogP) is 4.68. The molecule has 0 bridgehead atoms. The summed E-state index contributed by atoms with van der Waals surface area (Å²) in [6.07, 6.45) is -5.30. The Bertz CT molecular complexity index is 472. The van der Waals surface area contributed by atoms with E-state index < -0.39 is 24.0 Å². The van der Waals surface area contributed by atoms with Crippen LogP contribution in [0.3, 0.4) is 0 Å². The minimum atomic E-state index is -5.69. The van der Waals surface area contributed by atoms with Crippen molar-refractivity contribution in [2.24, 2.45) is 0 Å². The third kappa shape index (κ3) is 3.70. The van der Waals surface area contributed by atoms with Gasteiger partial charge in [0.1, 0.15) is 11.9 Å². The minimum Gasteiger partial charge on any atom is -0.305 e. The molecular formula is C14H17F6N. The van der Waals surface area contributed by atoms with Gasteiger partial charge in [-0.15, -0.1) is 0 Å². The standard InChI is InChI=1S/C14H17F6N/c1-4-5-21-12(13(16,17)14(18,19)20)11-8(2)6-10(15)7-9(11)3/h6-7,12,21H,4-5H2,1-3H3. The van der Waals surface area contributed by atoms with Crippen molar-refractivity contribution >= 4 is 0 Å². The number of benzene rings is 1. The second kappa shape index (κ2) is 6.25. The fraction of sp³-hybridized carbons (Fsp3) is 0.571. The van der Waals surface area contributed by atoms with Crippen LogP contribution in [0.1, 0.15) is 36.1 Å². The van der Waals surface area contributed by atoms with Crippen LogP contribution in [-0.4, -0.2) is 18.6 Å². The molecule has 0 aliphatic heterocycles. The molecule has 0 heterocycles. The first-order valence-electron chi connectivity index (χ1n) is 6.47. The summed E-state index contributed by atoms with van der Waals surface area (Å²) in [7, 11) is 0. The maximum absolute atomic E-state index is 13.8. The Morgan fingerprint density at radius 1 is 1.05 bits per heavy atom. The molecule has 0 aliphatic carbocycles. The Balaban J connectivity index is 3.40. The lowest BCUT2D eigenvalue weighted by Crippen LogP contribution is -2.48. The lowest BCUT2D eigenvalue weighted by Gasteiger charge is -2.31. The molecule has 0 amide bonds. The fourth-order valence-corrected chi connectivity index (χ4v) is 2.24. The molecule has 0 saturated carbocycles. The molecule has 0 fully saturated rings. The van der Waals surface area contributed by atoms with Crippen molar-refractivity contribution in [3.05, 3.63) is 34.6 Å². The van der Waals surface area contributed by atoms with Crippen LogP contribution in [0, 0.1) is 19.7 Å². The van der Waals surface area contributed by atoms with Gasteiger partial charge in [0, 0.05) is 0 Å². The Morgan fingerprint density at radius 3 is 1.90 bits per heavy atom. The zero-order valence-corrected chi connectivity index (χ0v) is 11.9. The molecule has 0 aromatic heterocycles.